The van der Waals surface area contributed by atoms with E-state index in [-0.39, 0.29) is 49.4 Å². The second kappa shape index (κ2) is 18.4. The zero-order chi connectivity index (χ0) is 44.6. The fraction of sp³-hybridized carbons (Fsp3) is 0.523. The van der Waals surface area contributed by atoms with Crippen molar-refractivity contribution in [3.63, 3.8) is 0 Å². The van der Waals surface area contributed by atoms with Crippen LogP contribution in [-0.4, -0.2) is 119 Å². The Bertz CT molecular complexity index is 2690. The summed E-state index contributed by atoms with van der Waals surface area (Å²) in [6.07, 6.45) is 11.5. The number of primary amides is 1. The summed E-state index contributed by atoms with van der Waals surface area (Å²) >= 11 is 0. The molecule has 3 aliphatic heterocycles. The van der Waals surface area contributed by atoms with Crippen LogP contribution in [0.15, 0.2) is 47.7 Å². The van der Waals surface area contributed by atoms with Crippen molar-refractivity contribution in [1.29, 1.82) is 0 Å². The normalized spacial score (nSPS) is 22.5. The molecule has 9 rings (SSSR count). The number of morpholine rings is 1. The van der Waals surface area contributed by atoms with Crippen molar-refractivity contribution in [2.75, 3.05) is 49.6 Å². The van der Waals surface area contributed by atoms with E-state index in [1.54, 1.807) is 42.2 Å². The lowest BCUT2D eigenvalue weighted by molar-refractivity contribution is -0.137. The molecular weight excluding hydrogens is 845 g/mol. The molecular formula is C44H53FN11O7P. The molecule has 4 N–H and O–H groups in total. The van der Waals surface area contributed by atoms with Crippen LogP contribution < -0.4 is 21.6 Å². The maximum atomic E-state index is 14.9. The summed E-state index contributed by atoms with van der Waals surface area (Å²) in [6.45, 7) is 4.50. The third kappa shape index (κ3) is 8.88. The standard InChI is InChI=1S/C44H53FN11O7P/c1-51-39-27(4-2-6-34(39)56(44(51)61)35(41(46)59)11-12-37(57)58)5-3-19-62-30-13-16-52(17-14-30)22-26-7-9-28(10-8-26)55-24-33(38(50-55)40(45)64)48-43(60)32-21-47-54-18-15-36(49-42(32)54)53-23-31-20-29(53)25-63-31/h2,4,6,15,18,21,24,26,28-31,35,40H,7-14,16-17,19-20,22-23,25,64H2,1H3,(H2,46,59)(H,48,60)(H,57,58)/t26-,28-,29-,31-,35?,40?/m1/s1. The number of carboxylic acid groups (broad SMARTS) is 1. The molecule has 338 valence electrons. The molecule has 0 radical (unpaired) electrons. The van der Waals surface area contributed by atoms with Gasteiger partial charge in [0.15, 0.2) is 11.6 Å². The van der Waals surface area contributed by atoms with E-state index in [2.05, 4.69) is 46.4 Å². The van der Waals surface area contributed by atoms with Gasteiger partial charge in [-0.2, -0.15) is 10.2 Å². The first-order valence-corrected chi connectivity index (χ1v) is 22.6. The van der Waals surface area contributed by atoms with Crippen LogP contribution in [-0.2, 0) is 26.1 Å². The predicted molar refractivity (Wildman–Crippen MR) is 238 cm³/mol. The van der Waals surface area contributed by atoms with Crippen LogP contribution in [0.3, 0.4) is 0 Å². The van der Waals surface area contributed by atoms with E-state index in [0.29, 0.717) is 46.0 Å². The molecule has 5 atom stereocenters. The third-order valence-corrected chi connectivity index (χ3v) is 13.6. The topological polar surface area (TPSA) is 209 Å². The number of rotatable bonds is 14. The first kappa shape index (κ1) is 43.6. The monoisotopic (exact) mass is 897 g/mol. The highest BCUT2D eigenvalue weighted by Gasteiger charge is 2.40. The van der Waals surface area contributed by atoms with E-state index in [0.717, 1.165) is 76.9 Å². The molecule has 20 heteroatoms. The molecule has 4 aromatic heterocycles. The summed E-state index contributed by atoms with van der Waals surface area (Å²) in [6, 6.07) is 6.40. The maximum absolute atomic E-state index is 14.9. The number of benzene rings is 1. The largest absolute Gasteiger partial charge is 0.481 e. The minimum Gasteiger partial charge on any atom is -0.481 e. The Kier molecular flexibility index (Phi) is 12.6. The van der Waals surface area contributed by atoms with Crippen molar-refractivity contribution >= 4 is 55.2 Å². The second-order valence-electron chi connectivity index (χ2n) is 17.4. The number of carbonyl (C=O) groups excluding carboxylic acids is 2. The van der Waals surface area contributed by atoms with Gasteiger partial charge in [0.25, 0.3) is 5.91 Å². The minimum absolute atomic E-state index is 0.0787. The molecule has 7 heterocycles. The first-order valence-electron chi connectivity index (χ1n) is 22.0. The number of fused-ring (bicyclic) bond motifs is 4. The molecule has 5 aromatic rings. The molecule has 4 aliphatic rings. The number of amides is 2. The number of nitrogens with zero attached hydrogens (tertiary/aromatic N) is 9. The molecule has 1 aromatic carbocycles. The molecule has 2 bridgehead atoms. The average Bonchev–Trinajstić information content (AvgIpc) is 4.13. The lowest BCUT2D eigenvalue weighted by Crippen LogP contribution is -2.40. The number of likely N-dealkylation sites (tertiary alicyclic amines) is 1. The fourth-order valence-electron chi connectivity index (χ4n) is 9.95. The summed E-state index contributed by atoms with van der Waals surface area (Å²) in [5.74, 6) is 3.79. The van der Waals surface area contributed by atoms with E-state index in [1.165, 1.54) is 15.3 Å². The molecule has 3 unspecified atom stereocenters. The van der Waals surface area contributed by atoms with E-state index in [9.17, 15) is 23.6 Å². The Balaban J connectivity index is 0.750. The zero-order valence-electron chi connectivity index (χ0n) is 35.6. The van der Waals surface area contributed by atoms with Crippen LogP contribution in [0, 0.1) is 17.8 Å². The number of aromatic nitrogens is 7. The van der Waals surface area contributed by atoms with Crippen LogP contribution in [0.4, 0.5) is 15.9 Å². The Hall–Kier alpha value is -5.67. The maximum Gasteiger partial charge on any atom is 0.329 e. The van der Waals surface area contributed by atoms with Crippen LogP contribution in [0.1, 0.15) is 97.4 Å². The van der Waals surface area contributed by atoms with Gasteiger partial charge in [-0.3, -0.25) is 28.2 Å². The van der Waals surface area contributed by atoms with Crippen LogP contribution in [0.5, 0.6) is 0 Å². The SMILES string of the molecule is Cn1c(=O)n(C(CCC(=O)O)C(N)=O)c2cccc(C#CCOC3CCN(C[C@H]4CC[C@H](n5cc(NC(=O)c6cnn7ccc(N8C[C@H]9C[C@@H]8CO9)nc67)c(C(F)P)n5)CC4)CC3)c21. The van der Waals surface area contributed by atoms with Gasteiger partial charge in [-0.15, -0.1) is 0 Å². The zero-order valence-corrected chi connectivity index (χ0v) is 36.8. The summed E-state index contributed by atoms with van der Waals surface area (Å²) in [5.41, 5.74) is 7.94. The highest BCUT2D eigenvalue weighted by molar-refractivity contribution is 7.16. The van der Waals surface area contributed by atoms with Gasteiger partial charge in [-0.05, 0) is 75.5 Å². The molecule has 1 saturated carbocycles. The number of carboxylic acids is 1. The van der Waals surface area contributed by atoms with Gasteiger partial charge in [0.1, 0.15) is 29.7 Å². The van der Waals surface area contributed by atoms with Gasteiger partial charge < -0.3 is 35.4 Å². The number of anilines is 2. The minimum atomic E-state index is -1.46. The van der Waals surface area contributed by atoms with Crippen molar-refractivity contribution < 1.29 is 33.4 Å². The second-order valence-corrected chi connectivity index (χ2v) is 18.0. The molecule has 1 aliphatic carbocycles. The Morgan fingerprint density at radius 1 is 1.12 bits per heavy atom. The van der Waals surface area contributed by atoms with Crippen molar-refractivity contribution in [3.8, 4) is 11.8 Å². The number of ether oxygens (including phenoxy) is 2. The highest BCUT2D eigenvalue weighted by Crippen LogP contribution is 2.37. The van der Waals surface area contributed by atoms with Gasteiger partial charge in [-0.1, -0.05) is 27.1 Å². The molecule has 64 heavy (non-hydrogen) atoms. The van der Waals surface area contributed by atoms with Crippen LogP contribution in [0.2, 0.25) is 0 Å². The molecule has 4 fully saturated rings. The van der Waals surface area contributed by atoms with Crippen LogP contribution in [0.25, 0.3) is 16.7 Å². The number of imidazole rings is 1. The summed E-state index contributed by atoms with van der Waals surface area (Å²) in [4.78, 5) is 59.9. The average molecular weight is 898 g/mol. The number of piperidine rings is 1. The van der Waals surface area contributed by atoms with Gasteiger partial charge in [0.05, 0.1) is 59.4 Å². The Morgan fingerprint density at radius 2 is 1.92 bits per heavy atom. The molecule has 3 saturated heterocycles. The number of hydrogen-bond acceptors (Lipinski definition) is 11. The lowest BCUT2D eigenvalue weighted by Gasteiger charge is -2.36. The number of halogens is 1. The van der Waals surface area contributed by atoms with E-state index in [4.69, 9.17) is 25.3 Å². The van der Waals surface area contributed by atoms with Crippen molar-refractivity contribution in [1.82, 2.24) is 38.4 Å². The van der Waals surface area contributed by atoms with Gasteiger partial charge in [-0.25, -0.2) is 18.7 Å². The molecule has 0 spiro atoms. The number of alkyl halides is 1. The molecule has 18 nitrogen and oxygen atoms in total. The number of aryl methyl sites for hydroxylation is 1. The van der Waals surface area contributed by atoms with Gasteiger partial charge in [0.2, 0.25) is 5.91 Å². The molecule has 2 amide bonds. The Labute approximate surface area is 370 Å². The number of carbonyl (C=O) groups is 3. The number of para-hydroxylation sites is 1. The van der Waals surface area contributed by atoms with E-state index in [1.807, 2.05) is 10.7 Å². The van der Waals surface area contributed by atoms with E-state index < -0.39 is 35.4 Å². The Morgan fingerprint density at radius 3 is 2.62 bits per heavy atom. The number of hydrogen-bond donors (Lipinski definition) is 3. The smallest absolute Gasteiger partial charge is 0.329 e. The van der Waals surface area contributed by atoms with Crippen molar-refractivity contribution in [2.24, 2.45) is 18.7 Å². The van der Waals surface area contributed by atoms with Gasteiger partial charge >= 0.3 is 11.7 Å². The van der Waals surface area contributed by atoms with E-state index >= 15 is 0 Å². The summed E-state index contributed by atoms with van der Waals surface area (Å²) in [5, 5.41) is 21.0. The van der Waals surface area contributed by atoms with Crippen LogP contribution >= 0.6 is 9.24 Å². The number of nitrogens with one attached hydrogen (secondary N) is 1. The predicted octanol–water partition coefficient (Wildman–Crippen LogP) is 3.81. The lowest BCUT2D eigenvalue weighted by atomic mass is 9.85. The number of nitrogens with two attached hydrogens (primary N) is 1. The number of aliphatic carboxylic acids is 1. The summed E-state index contributed by atoms with van der Waals surface area (Å²) < 4.78 is 32.9. The third-order valence-electron chi connectivity index (χ3n) is 13.3. The van der Waals surface area contributed by atoms with Crippen molar-refractivity contribution in [2.45, 2.75) is 94.0 Å². The van der Waals surface area contributed by atoms with Crippen molar-refractivity contribution in [3.05, 3.63) is 70.2 Å². The fourth-order valence-corrected chi connectivity index (χ4v) is 10.2. The highest BCUT2D eigenvalue weighted by atomic mass is 31.0. The quantitative estimate of drug-likeness (QED) is 0.107. The first-order chi connectivity index (χ1) is 30.9. The van der Waals surface area contributed by atoms with Gasteiger partial charge in [0, 0.05) is 52.0 Å². The summed E-state index contributed by atoms with van der Waals surface area (Å²) in [7, 11) is 3.74.